The molecule has 3 amide bonds. The number of nitrogens with one attached hydrogen (secondary N) is 1. The van der Waals surface area contributed by atoms with E-state index in [2.05, 4.69) is 21.2 Å². The molecule has 110 valence electrons. The molecule has 1 atom stereocenters. The van der Waals surface area contributed by atoms with Crippen molar-refractivity contribution in [3.8, 4) is 0 Å². The fourth-order valence-corrected chi connectivity index (χ4v) is 2.63. The minimum absolute atomic E-state index is 0.106. The van der Waals surface area contributed by atoms with Gasteiger partial charge in [-0.2, -0.15) is 0 Å². The summed E-state index contributed by atoms with van der Waals surface area (Å²) < 4.78 is 0.882. The number of imide groups is 1. The maximum atomic E-state index is 12.1. The van der Waals surface area contributed by atoms with Crippen LogP contribution >= 0.6 is 15.9 Å². The molecule has 0 bridgehead atoms. The Morgan fingerprint density at radius 3 is 2.81 bits per heavy atom. The average molecular weight is 351 g/mol. The van der Waals surface area contributed by atoms with Gasteiger partial charge in [0, 0.05) is 10.5 Å². The quantitative estimate of drug-likeness (QED) is 0.651. The van der Waals surface area contributed by atoms with E-state index in [-0.39, 0.29) is 12.5 Å². The zero-order chi connectivity index (χ0) is 15.6. The molecule has 1 unspecified atom stereocenters. The molecule has 1 aliphatic rings. The van der Waals surface area contributed by atoms with Crippen LogP contribution in [0.3, 0.4) is 0 Å². The van der Waals surface area contributed by atoms with E-state index >= 15 is 0 Å². The largest absolute Gasteiger partial charge is 0.318 e. The lowest BCUT2D eigenvalue weighted by atomic mass is 10.1. The third-order valence-corrected chi connectivity index (χ3v) is 3.95. The molecule has 5 nitrogen and oxygen atoms in total. The Labute approximate surface area is 131 Å². The summed E-state index contributed by atoms with van der Waals surface area (Å²) in [6.07, 6.45) is 3.04. The number of rotatable bonds is 2. The Balaban J connectivity index is 2.15. The molecule has 1 aliphatic heterocycles. The van der Waals surface area contributed by atoms with Gasteiger partial charge in [-0.25, -0.2) is 0 Å². The second kappa shape index (κ2) is 6.22. The molecule has 1 saturated heterocycles. The average Bonchev–Trinajstić information content (AvgIpc) is 2.41. The molecular formula is C15H15BrN2O3. The number of amides is 3. The predicted octanol–water partition coefficient (Wildman–Crippen LogP) is 1.64. The van der Waals surface area contributed by atoms with Gasteiger partial charge >= 0.3 is 0 Å². The number of piperazine rings is 1. The van der Waals surface area contributed by atoms with Crippen LogP contribution in [0.5, 0.6) is 0 Å². The highest BCUT2D eigenvalue weighted by Crippen LogP contribution is 2.20. The van der Waals surface area contributed by atoms with Crippen LogP contribution in [0.25, 0.3) is 6.08 Å². The van der Waals surface area contributed by atoms with E-state index in [1.54, 1.807) is 13.0 Å². The van der Waals surface area contributed by atoms with Crippen molar-refractivity contribution in [2.75, 3.05) is 6.54 Å². The van der Waals surface area contributed by atoms with E-state index in [4.69, 9.17) is 0 Å². The van der Waals surface area contributed by atoms with E-state index in [0.29, 0.717) is 0 Å². The number of benzene rings is 1. The molecule has 0 spiro atoms. The summed E-state index contributed by atoms with van der Waals surface area (Å²) in [5.74, 6) is -1.28. The third-order valence-electron chi connectivity index (χ3n) is 3.27. The lowest BCUT2D eigenvalue weighted by molar-refractivity contribution is -0.147. The summed E-state index contributed by atoms with van der Waals surface area (Å²) in [4.78, 5) is 36.3. The molecule has 1 aromatic carbocycles. The predicted molar refractivity (Wildman–Crippen MR) is 82.2 cm³/mol. The van der Waals surface area contributed by atoms with Crippen molar-refractivity contribution in [2.45, 2.75) is 19.9 Å². The summed E-state index contributed by atoms with van der Waals surface area (Å²) in [6.45, 7) is 3.46. The standard InChI is InChI=1S/C15H15BrN2O3/c1-9-3-4-11(12(16)7-9)5-6-14(20)18-8-13(19)17-15(21)10(18)2/h3-7,10H,8H2,1-2H3,(H,17,19,21). The van der Waals surface area contributed by atoms with Gasteiger partial charge < -0.3 is 4.90 Å². The third kappa shape index (κ3) is 3.58. The maximum absolute atomic E-state index is 12.1. The van der Waals surface area contributed by atoms with Crippen molar-refractivity contribution in [3.05, 3.63) is 39.9 Å². The number of hydrogen-bond acceptors (Lipinski definition) is 3. The van der Waals surface area contributed by atoms with Crippen molar-refractivity contribution >= 4 is 39.7 Å². The Morgan fingerprint density at radius 1 is 1.43 bits per heavy atom. The Bertz CT molecular complexity index is 640. The summed E-state index contributed by atoms with van der Waals surface area (Å²) >= 11 is 3.43. The Kier molecular flexibility index (Phi) is 4.57. The molecule has 0 radical (unpaired) electrons. The zero-order valence-electron chi connectivity index (χ0n) is 11.7. The molecule has 0 saturated carbocycles. The highest BCUT2D eigenvalue weighted by Gasteiger charge is 2.32. The van der Waals surface area contributed by atoms with Gasteiger partial charge in [0.2, 0.25) is 17.7 Å². The van der Waals surface area contributed by atoms with E-state index in [0.717, 1.165) is 15.6 Å². The van der Waals surface area contributed by atoms with E-state index < -0.39 is 17.9 Å². The van der Waals surface area contributed by atoms with Crippen LogP contribution in [-0.2, 0) is 14.4 Å². The van der Waals surface area contributed by atoms with Gasteiger partial charge in [0.1, 0.15) is 12.6 Å². The molecule has 21 heavy (non-hydrogen) atoms. The maximum Gasteiger partial charge on any atom is 0.249 e. The fraction of sp³-hybridized carbons (Fsp3) is 0.267. The van der Waals surface area contributed by atoms with Crippen LogP contribution < -0.4 is 5.32 Å². The molecule has 1 heterocycles. The molecule has 0 aromatic heterocycles. The van der Waals surface area contributed by atoms with Gasteiger partial charge in [-0.05, 0) is 37.1 Å². The molecule has 1 fully saturated rings. The zero-order valence-corrected chi connectivity index (χ0v) is 13.3. The lowest BCUT2D eigenvalue weighted by Crippen LogP contribution is -2.58. The van der Waals surface area contributed by atoms with Crippen molar-refractivity contribution in [1.29, 1.82) is 0 Å². The van der Waals surface area contributed by atoms with Gasteiger partial charge in [0.05, 0.1) is 0 Å². The SMILES string of the molecule is Cc1ccc(C=CC(=O)N2CC(=O)NC(=O)C2C)c(Br)c1. The van der Waals surface area contributed by atoms with Crippen LogP contribution in [-0.4, -0.2) is 35.2 Å². The van der Waals surface area contributed by atoms with Gasteiger partial charge in [-0.3, -0.25) is 19.7 Å². The highest BCUT2D eigenvalue weighted by molar-refractivity contribution is 9.10. The van der Waals surface area contributed by atoms with Crippen molar-refractivity contribution < 1.29 is 14.4 Å². The number of nitrogens with zero attached hydrogens (tertiary/aromatic N) is 1. The van der Waals surface area contributed by atoms with Crippen LogP contribution in [0.2, 0.25) is 0 Å². The second-order valence-electron chi connectivity index (χ2n) is 4.91. The molecule has 1 aromatic rings. The summed E-state index contributed by atoms with van der Waals surface area (Å²) in [5, 5.41) is 2.20. The van der Waals surface area contributed by atoms with E-state index in [1.807, 2.05) is 25.1 Å². The van der Waals surface area contributed by atoms with Crippen LogP contribution in [0.4, 0.5) is 0 Å². The Hall–Kier alpha value is -1.95. The topological polar surface area (TPSA) is 66.5 Å². The first-order valence-corrected chi connectivity index (χ1v) is 7.26. The van der Waals surface area contributed by atoms with Gasteiger partial charge in [0.25, 0.3) is 0 Å². The first-order chi connectivity index (χ1) is 9.88. The molecular weight excluding hydrogens is 336 g/mol. The first-order valence-electron chi connectivity index (χ1n) is 6.47. The van der Waals surface area contributed by atoms with Crippen molar-refractivity contribution in [2.24, 2.45) is 0 Å². The van der Waals surface area contributed by atoms with E-state index in [1.165, 1.54) is 11.0 Å². The molecule has 0 aliphatic carbocycles. The monoisotopic (exact) mass is 350 g/mol. The number of halogens is 1. The number of hydrogen-bond donors (Lipinski definition) is 1. The van der Waals surface area contributed by atoms with Crippen molar-refractivity contribution in [1.82, 2.24) is 10.2 Å². The normalized spacial score (nSPS) is 19.0. The number of carbonyl (C=O) groups is 3. The van der Waals surface area contributed by atoms with Crippen LogP contribution in [0.1, 0.15) is 18.1 Å². The van der Waals surface area contributed by atoms with Crippen LogP contribution in [0.15, 0.2) is 28.7 Å². The fourth-order valence-electron chi connectivity index (χ4n) is 2.01. The van der Waals surface area contributed by atoms with E-state index in [9.17, 15) is 14.4 Å². The number of carbonyl (C=O) groups excluding carboxylic acids is 3. The van der Waals surface area contributed by atoms with Gasteiger partial charge in [-0.1, -0.05) is 28.1 Å². The van der Waals surface area contributed by atoms with Gasteiger partial charge in [-0.15, -0.1) is 0 Å². The molecule has 6 heteroatoms. The summed E-state index contributed by atoms with van der Waals surface area (Å²) in [7, 11) is 0. The number of aryl methyl sites for hydroxylation is 1. The first kappa shape index (κ1) is 15.4. The highest BCUT2D eigenvalue weighted by atomic mass is 79.9. The van der Waals surface area contributed by atoms with Gasteiger partial charge in [0.15, 0.2) is 0 Å². The molecule has 1 N–H and O–H groups in total. The summed E-state index contributed by atoms with van der Waals surface area (Å²) in [5.41, 5.74) is 1.96. The van der Waals surface area contributed by atoms with Crippen LogP contribution in [0, 0.1) is 6.92 Å². The molecule has 2 rings (SSSR count). The summed E-state index contributed by atoms with van der Waals surface area (Å²) in [6, 6.07) is 5.13. The minimum Gasteiger partial charge on any atom is -0.318 e. The minimum atomic E-state index is -0.652. The second-order valence-corrected chi connectivity index (χ2v) is 5.77. The lowest BCUT2D eigenvalue weighted by Gasteiger charge is -2.30. The van der Waals surface area contributed by atoms with Crippen molar-refractivity contribution in [3.63, 3.8) is 0 Å². The Morgan fingerprint density at radius 2 is 2.14 bits per heavy atom. The smallest absolute Gasteiger partial charge is 0.249 e.